The van der Waals surface area contributed by atoms with Gasteiger partial charge in [0.25, 0.3) is 0 Å². The van der Waals surface area contributed by atoms with Crippen molar-refractivity contribution in [2.45, 2.75) is 6.42 Å². The molecule has 0 aliphatic heterocycles. The van der Waals surface area contributed by atoms with Crippen LogP contribution in [0, 0.1) is 0 Å². The quantitative estimate of drug-likeness (QED) is 0.676. The van der Waals surface area contributed by atoms with E-state index in [9.17, 15) is 4.79 Å². The van der Waals surface area contributed by atoms with Gasteiger partial charge in [-0.1, -0.05) is 6.08 Å². The highest BCUT2D eigenvalue weighted by molar-refractivity contribution is 5.70. The first kappa shape index (κ1) is 7.53. The molecule has 0 unspecified atom stereocenters. The van der Waals surface area contributed by atoms with E-state index in [-0.39, 0.29) is 6.42 Å². The number of aliphatic carboxylic acids is 1. The van der Waals surface area contributed by atoms with Crippen molar-refractivity contribution in [1.29, 1.82) is 0 Å². The van der Waals surface area contributed by atoms with Crippen LogP contribution in [0.25, 0.3) is 6.08 Å². The number of rotatable bonds is 3. The molecular formula is C7H8N2O2. The lowest BCUT2D eigenvalue weighted by Crippen LogP contribution is -1.89. The summed E-state index contributed by atoms with van der Waals surface area (Å²) in [6.07, 6.45) is 4.90. The summed E-state index contributed by atoms with van der Waals surface area (Å²) < 4.78 is 0. The van der Waals surface area contributed by atoms with Gasteiger partial charge in [0.15, 0.2) is 0 Å². The standard InChI is InChI=1S/C7H8N2O2/c10-7(11)3-1-2-6-4-5-8-9-6/h1-2,4-5H,3H2,(H,8,9)(H,10,11). The first-order valence-electron chi connectivity index (χ1n) is 3.17. The van der Waals surface area contributed by atoms with E-state index in [1.54, 1.807) is 24.4 Å². The molecule has 0 saturated heterocycles. The van der Waals surface area contributed by atoms with Gasteiger partial charge in [-0.2, -0.15) is 5.10 Å². The van der Waals surface area contributed by atoms with Crippen LogP contribution < -0.4 is 0 Å². The van der Waals surface area contributed by atoms with Gasteiger partial charge in [-0.3, -0.25) is 9.89 Å². The molecule has 4 nitrogen and oxygen atoms in total. The van der Waals surface area contributed by atoms with Gasteiger partial charge in [0.1, 0.15) is 0 Å². The van der Waals surface area contributed by atoms with E-state index in [2.05, 4.69) is 10.2 Å². The summed E-state index contributed by atoms with van der Waals surface area (Å²) in [6, 6.07) is 1.76. The molecule has 1 rings (SSSR count). The first-order chi connectivity index (χ1) is 5.29. The average molecular weight is 152 g/mol. The molecule has 0 saturated carbocycles. The normalized spacial score (nSPS) is 10.5. The molecule has 0 radical (unpaired) electrons. The Balaban J connectivity index is 2.43. The Morgan fingerprint density at radius 3 is 3.18 bits per heavy atom. The molecule has 1 heterocycles. The Morgan fingerprint density at radius 2 is 2.64 bits per heavy atom. The van der Waals surface area contributed by atoms with Crippen LogP contribution in [0.5, 0.6) is 0 Å². The smallest absolute Gasteiger partial charge is 0.307 e. The van der Waals surface area contributed by atoms with Crippen molar-refractivity contribution in [2.75, 3.05) is 0 Å². The number of aromatic nitrogens is 2. The number of H-pyrrole nitrogens is 1. The Kier molecular flexibility index (Phi) is 2.43. The average Bonchev–Trinajstić information content (AvgIpc) is 2.39. The van der Waals surface area contributed by atoms with Crippen molar-refractivity contribution in [2.24, 2.45) is 0 Å². The number of carboxylic acid groups (broad SMARTS) is 1. The topological polar surface area (TPSA) is 66.0 Å². The van der Waals surface area contributed by atoms with Crippen LogP contribution >= 0.6 is 0 Å². The van der Waals surface area contributed by atoms with E-state index in [1.165, 1.54) is 0 Å². The van der Waals surface area contributed by atoms with Crippen LogP contribution in [0.2, 0.25) is 0 Å². The third-order valence-electron chi connectivity index (χ3n) is 1.11. The van der Waals surface area contributed by atoms with Crippen LogP contribution in [-0.4, -0.2) is 21.3 Å². The predicted octanol–water partition coefficient (Wildman–Crippen LogP) is 0.898. The second kappa shape index (κ2) is 3.55. The highest BCUT2D eigenvalue weighted by Crippen LogP contribution is 1.95. The van der Waals surface area contributed by atoms with Gasteiger partial charge in [0.2, 0.25) is 0 Å². The fourth-order valence-corrected chi connectivity index (χ4v) is 0.646. The summed E-state index contributed by atoms with van der Waals surface area (Å²) in [5, 5.41) is 14.6. The van der Waals surface area contributed by atoms with E-state index < -0.39 is 5.97 Å². The number of nitrogens with zero attached hydrogens (tertiary/aromatic N) is 1. The molecule has 1 aromatic heterocycles. The maximum absolute atomic E-state index is 10.1. The monoisotopic (exact) mass is 152 g/mol. The van der Waals surface area contributed by atoms with E-state index in [1.807, 2.05) is 0 Å². The molecule has 0 aliphatic rings. The highest BCUT2D eigenvalue weighted by Gasteiger charge is 1.89. The number of carboxylic acids is 1. The highest BCUT2D eigenvalue weighted by atomic mass is 16.4. The van der Waals surface area contributed by atoms with Crippen LogP contribution in [0.15, 0.2) is 18.3 Å². The van der Waals surface area contributed by atoms with Gasteiger partial charge in [-0.25, -0.2) is 0 Å². The Bertz CT molecular complexity index is 251. The summed E-state index contributed by atoms with van der Waals surface area (Å²) in [5.41, 5.74) is 0.811. The van der Waals surface area contributed by atoms with E-state index in [0.29, 0.717) is 0 Å². The van der Waals surface area contributed by atoms with Crippen LogP contribution in [0.4, 0.5) is 0 Å². The van der Waals surface area contributed by atoms with E-state index in [4.69, 9.17) is 5.11 Å². The number of carbonyl (C=O) groups is 1. The van der Waals surface area contributed by atoms with Crippen LogP contribution in [-0.2, 0) is 4.79 Å². The van der Waals surface area contributed by atoms with Gasteiger partial charge < -0.3 is 5.11 Å². The molecule has 0 atom stereocenters. The van der Waals surface area contributed by atoms with Crippen molar-refractivity contribution in [1.82, 2.24) is 10.2 Å². The van der Waals surface area contributed by atoms with Crippen molar-refractivity contribution in [3.8, 4) is 0 Å². The largest absolute Gasteiger partial charge is 0.481 e. The number of hydrogen-bond donors (Lipinski definition) is 2. The molecule has 1 aromatic rings. The fraction of sp³-hybridized carbons (Fsp3) is 0.143. The van der Waals surface area contributed by atoms with Gasteiger partial charge in [-0.05, 0) is 12.1 Å². The van der Waals surface area contributed by atoms with Gasteiger partial charge >= 0.3 is 5.97 Å². The lowest BCUT2D eigenvalue weighted by atomic mass is 10.3. The molecule has 0 bridgehead atoms. The second-order valence-electron chi connectivity index (χ2n) is 2.01. The number of aromatic amines is 1. The second-order valence-corrected chi connectivity index (χ2v) is 2.01. The molecule has 0 amide bonds. The minimum atomic E-state index is -0.833. The minimum Gasteiger partial charge on any atom is -0.481 e. The van der Waals surface area contributed by atoms with Crippen molar-refractivity contribution >= 4 is 12.0 Å². The van der Waals surface area contributed by atoms with E-state index >= 15 is 0 Å². The molecule has 0 aromatic carbocycles. The Labute approximate surface area is 63.6 Å². The van der Waals surface area contributed by atoms with Crippen LogP contribution in [0.1, 0.15) is 12.1 Å². The molecular weight excluding hydrogens is 144 g/mol. The van der Waals surface area contributed by atoms with Crippen molar-refractivity contribution < 1.29 is 9.90 Å². The Hall–Kier alpha value is -1.58. The maximum Gasteiger partial charge on any atom is 0.307 e. The maximum atomic E-state index is 10.1. The van der Waals surface area contributed by atoms with Gasteiger partial charge in [-0.15, -0.1) is 0 Å². The molecule has 0 spiro atoms. The zero-order valence-corrected chi connectivity index (χ0v) is 5.82. The molecule has 58 valence electrons. The third-order valence-corrected chi connectivity index (χ3v) is 1.11. The zero-order valence-electron chi connectivity index (χ0n) is 5.82. The summed E-state index contributed by atoms with van der Waals surface area (Å²) in [7, 11) is 0. The first-order valence-corrected chi connectivity index (χ1v) is 3.17. The Morgan fingerprint density at radius 1 is 1.82 bits per heavy atom. The summed E-state index contributed by atoms with van der Waals surface area (Å²) in [4.78, 5) is 10.1. The number of hydrogen-bond acceptors (Lipinski definition) is 2. The summed E-state index contributed by atoms with van der Waals surface area (Å²) >= 11 is 0. The summed E-state index contributed by atoms with van der Waals surface area (Å²) in [6.45, 7) is 0. The fourth-order valence-electron chi connectivity index (χ4n) is 0.646. The minimum absolute atomic E-state index is 0.0407. The lowest BCUT2D eigenvalue weighted by molar-refractivity contribution is -0.135. The van der Waals surface area contributed by atoms with Crippen molar-refractivity contribution in [3.63, 3.8) is 0 Å². The number of nitrogens with one attached hydrogen (secondary N) is 1. The summed E-state index contributed by atoms with van der Waals surface area (Å²) in [5.74, 6) is -0.833. The van der Waals surface area contributed by atoms with Crippen molar-refractivity contribution in [3.05, 3.63) is 24.0 Å². The molecule has 11 heavy (non-hydrogen) atoms. The van der Waals surface area contributed by atoms with Gasteiger partial charge in [0.05, 0.1) is 12.1 Å². The van der Waals surface area contributed by atoms with Gasteiger partial charge in [0, 0.05) is 6.20 Å². The molecule has 0 aliphatic carbocycles. The predicted molar refractivity (Wildman–Crippen MR) is 39.9 cm³/mol. The third kappa shape index (κ3) is 2.66. The zero-order chi connectivity index (χ0) is 8.10. The van der Waals surface area contributed by atoms with Crippen LogP contribution in [0.3, 0.4) is 0 Å². The SMILES string of the molecule is O=C(O)CC=Cc1ccn[nH]1. The lowest BCUT2D eigenvalue weighted by Gasteiger charge is -1.82. The molecule has 0 fully saturated rings. The molecule has 2 N–H and O–H groups in total. The molecule has 4 heteroatoms. The van der Waals surface area contributed by atoms with E-state index in [0.717, 1.165) is 5.69 Å².